The van der Waals surface area contributed by atoms with Gasteiger partial charge in [-0.1, -0.05) is 144 Å². The van der Waals surface area contributed by atoms with Crippen molar-refractivity contribution < 1.29 is 0 Å². The average molecular weight is 445 g/mol. The molecule has 0 atom stereocenters. The Bertz CT molecular complexity index is 1000. The van der Waals surface area contributed by atoms with Crippen LogP contribution in [0.2, 0.25) is 0 Å². The van der Waals surface area contributed by atoms with Gasteiger partial charge >= 0.3 is 0 Å². The monoisotopic (exact) mass is 444 g/mol. The van der Waals surface area contributed by atoms with Crippen LogP contribution in [-0.4, -0.2) is 16.1 Å². The maximum absolute atomic E-state index is 4.36. The molecule has 0 aliphatic carbocycles. The van der Waals surface area contributed by atoms with Gasteiger partial charge < -0.3 is 0 Å². The molecule has 4 aromatic carbocycles. The molecule has 0 spiro atoms. The topological polar surface area (TPSA) is 0 Å². The zero-order valence-corrected chi connectivity index (χ0v) is 20.3. The predicted octanol–water partition coefficient (Wildman–Crippen LogP) is 4.60. The summed E-state index contributed by atoms with van der Waals surface area (Å²) in [5.41, 5.74) is 9.37. The second kappa shape index (κ2) is 9.77. The van der Waals surface area contributed by atoms with Crippen LogP contribution in [0.4, 0.5) is 0 Å². The normalized spacial score (nSPS) is 11.9. The van der Waals surface area contributed by atoms with E-state index in [4.69, 9.17) is 0 Å². The van der Waals surface area contributed by atoms with E-state index in [2.05, 4.69) is 157 Å². The SMILES string of the molecule is C=C[Si](/C=C\[Si](C=C)(c1ccccc1)c1ccccc1)(c1ccccc1)c1ccccc1. The lowest BCUT2D eigenvalue weighted by Crippen LogP contribution is -2.59. The van der Waals surface area contributed by atoms with Crippen molar-refractivity contribution in [1.29, 1.82) is 0 Å². The van der Waals surface area contributed by atoms with Gasteiger partial charge in [-0.05, 0) is 20.7 Å². The molecule has 4 rings (SSSR count). The van der Waals surface area contributed by atoms with Crippen molar-refractivity contribution in [2.24, 2.45) is 0 Å². The van der Waals surface area contributed by atoms with E-state index < -0.39 is 16.1 Å². The van der Waals surface area contributed by atoms with Crippen LogP contribution in [0.25, 0.3) is 0 Å². The summed E-state index contributed by atoms with van der Waals surface area (Å²) in [6.45, 7) is 8.72. The van der Waals surface area contributed by atoms with E-state index in [9.17, 15) is 0 Å². The van der Waals surface area contributed by atoms with Crippen molar-refractivity contribution in [3.63, 3.8) is 0 Å². The molecule has 0 aromatic heterocycles. The van der Waals surface area contributed by atoms with Crippen molar-refractivity contribution in [2.45, 2.75) is 0 Å². The van der Waals surface area contributed by atoms with E-state index in [1.54, 1.807) is 0 Å². The minimum Gasteiger partial charge on any atom is -0.106 e. The molecule has 0 bridgehead atoms. The molecule has 0 nitrogen and oxygen atoms in total. The summed E-state index contributed by atoms with van der Waals surface area (Å²) in [5, 5.41) is 5.35. The summed E-state index contributed by atoms with van der Waals surface area (Å²) < 4.78 is 0. The molecule has 0 aliphatic heterocycles. The summed E-state index contributed by atoms with van der Waals surface area (Å²) in [5.74, 6) is 0. The largest absolute Gasteiger partial charge is 0.163 e. The molecule has 4 aromatic rings. The average Bonchev–Trinajstić information content (AvgIpc) is 2.89. The standard InChI is InChI=1S/C30H28Si2/c1-3-31(27-17-9-5-10-18-27,28-19-11-6-12-20-28)25-26-32(4-2,29-21-13-7-14-22-29)30-23-15-8-16-24-30/h3-26H,1-2H2/b26-25-. The van der Waals surface area contributed by atoms with Crippen LogP contribution >= 0.6 is 0 Å². The Morgan fingerprint density at radius 2 is 0.594 bits per heavy atom. The molecular formula is C30H28Si2. The molecule has 0 fully saturated rings. The van der Waals surface area contributed by atoms with Gasteiger partial charge in [-0.25, -0.2) is 0 Å². The van der Waals surface area contributed by atoms with Crippen LogP contribution < -0.4 is 20.7 Å². The Hall–Kier alpha value is -3.47. The fraction of sp³-hybridized carbons (Fsp3) is 0. The first kappa shape index (κ1) is 21.8. The lowest BCUT2D eigenvalue weighted by Gasteiger charge is -2.30. The Kier molecular flexibility index (Phi) is 6.64. The first-order valence-electron chi connectivity index (χ1n) is 10.9. The van der Waals surface area contributed by atoms with Gasteiger partial charge in [0.15, 0.2) is 16.1 Å². The van der Waals surface area contributed by atoms with Crippen molar-refractivity contribution >= 4 is 36.9 Å². The van der Waals surface area contributed by atoms with Gasteiger partial charge in [0.25, 0.3) is 0 Å². The fourth-order valence-corrected chi connectivity index (χ4v) is 12.2. The number of rotatable bonds is 8. The van der Waals surface area contributed by atoms with Gasteiger partial charge in [0.2, 0.25) is 0 Å². The number of benzene rings is 4. The van der Waals surface area contributed by atoms with E-state index >= 15 is 0 Å². The third-order valence-electron chi connectivity index (χ3n) is 6.26. The van der Waals surface area contributed by atoms with E-state index in [-0.39, 0.29) is 0 Å². The minimum absolute atomic E-state index is 1.34. The molecule has 0 saturated heterocycles. The third-order valence-corrected chi connectivity index (χ3v) is 14.4. The van der Waals surface area contributed by atoms with Crippen LogP contribution in [0.1, 0.15) is 0 Å². The molecule has 0 aliphatic rings. The van der Waals surface area contributed by atoms with Crippen LogP contribution in [-0.2, 0) is 0 Å². The van der Waals surface area contributed by atoms with Gasteiger partial charge in [-0.15, -0.1) is 13.2 Å². The lowest BCUT2D eigenvalue weighted by atomic mass is 10.4. The molecule has 0 unspecified atom stereocenters. The zero-order chi connectivity index (χ0) is 22.3. The first-order valence-corrected chi connectivity index (χ1v) is 15.3. The van der Waals surface area contributed by atoms with Crippen molar-refractivity contribution in [2.75, 3.05) is 0 Å². The summed E-state index contributed by atoms with van der Waals surface area (Å²) in [6, 6.07) is 43.3. The maximum Gasteiger partial charge on any atom is 0.163 e. The second-order valence-electron chi connectivity index (χ2n) is 7.94. The van der Waals surface area contributed by atoms with Gasteiger partial charge in [0.1, 0.15) is 0 Å². The van der Waals surface area contributed by atoms with Gasteiger partial charge in [0, 0.05) is 0 Å². The maximum atomic E-state index is 4.36. The van der Waals surface area contributed by atoms with Crippen LogP contribution in [0, 0.1) is 0 Å². The highest BCUT2D eigenvalue weighted by molar-refractivity contribution is 7.13. The highest BCUT2D eigenvalue weighted by atomic mass is 28.3. The number of hydrogen-bond donors (Lipinski definition) is 0. The number of hydrogen-bond acceptors (Lipinski definition) is 0. The lowest BCUT2D eigenvalue weighted by molar-refractivity contribution is 1.70. The quantitative estimate of drug-likeness (QED) is 0.349. The fourth-order valence-electron chi connectivity index (χ4n) is 4.44. The molecule has 0 amide bonds. The highest BCUT2D eigenvalue weighted by Crippen LogP contribution is 2.15. The van der Waals surface area contributed by atoms with E-state index in [1.807, 2.05) is 0 Å². The van der Waals surface area contributed by atoms with Gasteiger partial charge in [-0.2, -0.15) is 0 Å². The summed E-state index contributed by atoms with van der Waals surface area (Å²) in [4.78, 5) is 0. The molecule has 2 heteroatoms. The summed E-state index contributed by atoms with van der Waals surface area (Å²) in [7, 11) is -4.69. The Morgan fingerprint density at radius 1 is 0.375 bits per heavy atom. The third kappa shape index (κ3) is 4.03. The Labute approximate surface area is 193 Å². The van der Waals surface area contributed by atoms with Crippen LogP contribution in [0.15, 0.2) is 157 Å². The van der Waals surface area contributed by atoms with Crippen molar-refractivity contribution in [3.05, 3.63) is 157 Å². The van der Waals surface area contributed by atoms with Crippen molar-refractivity contribution in [1.82, 2.24) is 0 Å². The molecular weight excluding hydrogens is 417 g/mol. The van der Waals surface area contributed by atoms with E-state index in [1.165, 1.54) is 20.7 Å². The van der Waals surface area contributed by atoms with Gasteiger partial charge in [-0.3, -0.25) is 0 Å². The summed E-state index contributed by atoms with van der Waals surface area (Å²) >= 11 is 0. The van der Waals surface area contributed by atoms with E-state index in [0.717, 1.165) is 0 Å². The van der Waals surface area contributed by atoms with Crippen LogP contribution in [0.3, 0.4) is 0 Å². The van der Waals surface area contributed by atoms with Crippen molar-refractivity contribution in [3.8, 4) is 0 Å². The molecule has 0 heterocycles. The summed E-state index contributed by atoms with van der Waals surface area (Å²) in [6.07, 6.45) is 0. The Balaban J connectivity index is 1.97. The Morgan fingerprint density at radius 3 is 0.781 bits per heavy atom. The predicted molar refractivity (Wildman–Crippen MR) is 145 cm³/mol. The molecule has 0 N–H and O–H groups in total. The second-order valence-corrected chi connectivity index (χ2v) is 15.2. The molecule has 156 valence electrons. The molecule has 0 radical (unpaired) electrons. The smallest absolute Gasteiger partial charge is 0.106 e. The zero-order valence-electron chi connectivity index (χ0n) is 18.3. The molecule has 32 heavy (non-hydrogen) atoms. The molecule has 0 saturated carbocycles. The van der Waals surface area contributed by atoms with Gasteiger partial charge in [0.05, 0.1) is 0 Å². The minimum atomic E-state index is -2.34. The highest BCUT2D eigenvalue weighted by Gasteiger charge is 2.36. The first-order chi connectivity index (χ1) is 15.7. The van der Waals surface area contributed by atoms with E-state index in [0.29, 0.717) is 0 Å². The van der Waals surface area contributed by atoms with Crippen LogP contribution in [0.5, 0.6) is 0 Å².